The van der Waals surface area contributed by atoms with E-state index in [0.29, 0.717) is 12.2 Å². The van der Waals surface area contributed by atoms with Crippen LogP contribution in [0.15, 0.2) is 66.3 Å². The lowest BCUT2D eigenvalue weighted by atomic mass is 10.2. The van der Waals surface area contributed by atoms with Crippen LogP contribution in [0.1, 0.15) is 12.5 Å². The number of hydrogen-bond acceptors (Lipinski definition) is 4. The number of benzene rings is 1. The summed E-state index contributed by atoms with van der Waals surface area (Å²) in [6.07, 6.45) is 6.77. The maximum atomic E-state index is 14.5. The van der Waals surface area contributed by atoms with Crippen molar-refractivity contribution in [2.75, 3.05) is 37.6 Å². The van der Waals surface area contributed by atoms with Crippen molar-refractivity contribution in [1.29, 1.82) is 0 Å². The van der Waals surface area contributed by atoms with Crippen LogP contribution in [0, 0.1) is 5.82 Å². The molecule has 0 aliphatic carbocycles. The predicted octanol–water partition coefficient (Wildman–Crippen LogP) is 3.31. The molecule has 0 amide bonds. The Morgan fingerprint density at radius 2 is 1.97 bits per heavy atom. The normalized spacial score (nSPS) is 14.3. The second-order valence-corrected chi connectivity index (χ2v) is 7.09. The fraction of sp³-hybridized carbons (Fsp3) is 0.318. The molecule has 1 saturated heterocycles. The number of aromatic nitrogens is 3. The van der Waals surface area contributed by atoms with Crippen LogP contribution >= 0.6 is 24.0 Å². The Hall–Kier alpha value is -2.69. The minimum Gasteiger partial charge on any atom is -0.357 e. The number of imidazole rings is 1. The van der Waals surface area contributed by atoms with Gasteiger partial charge in [0.2, 0.25) is 0 Å². The van der Waals surface area contributed by atoms with Crippen LogP contribution in [-0.2, 0) is 6.54 Å². The lowest BCUT2D eigenvalue weighted by molar-refractivity contribution is 0.371. The van der Waals surface area contributed by atoms with Gasteiger partial charge >= 0.3 is 0 Å². The van der Waals surface area contributed by atoms with Gasteiger partial charge in [-0.15, -0.1) is 24.0 Å². The molecule has 0 unspecified atom stereocenters. The number of halogens is 2. The van der Waals surface area contributed by atoms with Gasteiger partial charge in [-0.25, -0.2) is 19.4 Å². The van der Waals surface area contributed by atoms with Gasteiger partial charge in [-0.2, -0.15) is 0 Å². The zero-order chi connectivity index (χ0) is 20.8. The summed E-state index contributed by atoms with van der Waals surface area (Å²) in [4.78, 5) is 17.7. The van der Waals surface area contributed by atoms with Gasteiger partial charge in [0.05, 0.1) is 18.6 Å². The third-order valence-corrected chi connectivity index (χ3v) is 5.09. The van der Waals surface area contributed by atoms with Crippen LogP contribution in [-0.4, -0.2) is 58.1 Å². The number of anilines is 1. The van der Waals surface area contributed by atoms with Gasteiger partial charge in [0.25, 0.3) is 0 Å². The van der Waals surface area contributed by atoms with Gasteiger partial charge in [-0.05, 0) is 36.8 Å². The summed E-state index contributed by atoms with van der Waals surface area (Å²) in [5.74, 6) is 1.58. The molecule has 0 radical (unpaired) electrons. The topological polar surface area (TPSA) is 61.6 Å². The van der Waals surface area contributed by atoms with Gasteiger partial charge in [-0.1, -0.05) is 12.1 Å². The highest BCUT2D eigenvalue weighted by Crippen LogP contribution is 2.16. The summed E-state index contributed by atoms with van der Waals surface area (Å²) in [5, 5.41) is 3.36. The summed E-state index contributed by atoms with van der Waals surface area (Å²) < 4.78 is 16.2. The van der Waals surface area contributed by atoms with E-state index < -0.39 is 0 Å². The zero-order valence-electron chi connectivity index (χ0n) is 17.5. The highest BCUT2D eigenvalue weighted by Gasteiger charge is 2.20. The third-order valence-electron chi connectivity index (χ3n) is 5.09. The van der Waals surface area contributed by atoms with Crippen molar-refractivity contribution in [2.45, 2.75) is 13.5 Å². The average molecular weight is 535 g/mol. The van der Waals surface area contributed by atoms with Gasteiger partial charge in [0.15, 0.2) is 5.96 Å². The van der Waals surface area contributed by atoms with E-state index >= 15 is 0 Å². The van der Waals surface area contributed by atoms with Crippen LogP contribution in [0.4, 0.5) is 10.2 Å². The highest BCUT2D eigenvalue weighted by atomic mass is 127. The fourth-order valence-electron chi connectivity index (χ4n) is 3.54. The Balaban J connectivity index is 0.00000272. The summed E-state index contributed by atoms with van der Waals surface area (Å²) in [6.45, 7) is 6.74. The Labute approximate surface area is 199 Å². The molecule has 1 N–H and O–H groups in total. The van der Waals surface area contributed by atoms with Crippen LogP contribution in [0.3, 0.4) is 0 Å². The van der Waals surface area contributed by atoms with Gasteiger partial charge < -0.3 is 19.7 Å². The van der Waals surface area contributed by atoms with Crippen molar-refractivity contribution in [3.63, 3.8) is 0 Å². The lowest BCUT2D eigenvalue weighted by Crippen LogP contribution is -2.52. The molecule has 1 aromatic carbocycles. The van der Waals surface area contributed by atoms with E-state index in [1.807, 2.05) is 30.5 Å². The second-order valence-electron chi connectivity index (χ2n) is 7.09. The van der Waals surface area contributed by atoms with Crippen molar-refractivity contribution < 1.29 is 4.39 Å². The number of guanidine groups is 1. The summed E-state index contributed by atoms with van der Waals surface area (Å²) in [6, 6.07) is 11.2. The molecule has 1 aliphatic heterocycles. The van der Waals surface area contributed by atoms with Crippen LogP contribution in [0.25, 0.3) is 5.69 Å². The molecule has 9 heteroatoms. The molecule has 0 atom stereocenters. The summed E-state index contributed by atoms with van der Waals surface area (Å²) in [7, 11) is 0. The largest absolute Gasteiger partial charge is 0.357 e. The van der Waals surface area contributed by atoms with Crippen molar-refractivity contribution in [2.24, 2.45) is 4.99 Å². The van der Waals surface area contributed by atoms with Crippen LogP contribution < -0.4 is 10.2 Å². The Morgan fingerprint density at radius 3 is 2.61 bits per heavy atom. The second kappa shape index (κ2) is 11.1. The Morgan fingerprint density at radius 1 is 1.13 bits per heavy atom. The van der Waals surface area contributed by atoms with Gasteiger partial charge in [-0.3, -0.25) is 0 Å². The van der Waals surface area contributed by atoms with Crippen molar-refractivity contribution in [3.8, 4) is 5.69 Å². The minimum atomic E-state index is -0.283. The number of piperazine rings is 1. The maximum absolute atomic E-state index is 14.5. The molecule has 7 nitrogen and oxygen atoms in total. The molecule has 0 spiro atoms. The van der Waals surface area contributed by atoms with Crippen LogP contribution in [0.2, 0.25) is 0 Å². The number of nitrogens with zero attached hydrogens (tertiary/aromatic N) is 6. The summed E-state index contributed by atoms with van der Waals surface area (Å²) >= 11 is 0. The van der Waals surface area contributed by atoms with E-state index in [1.54, 1.807) is 35.4 Å². The quantitative estimate of drug-likeness (QED) is 0.309. The first-order valence-corrected chi connectivity index (χ1v) is 10.2. The SMILES string of the molecule is CCNC(=NCc1ccc(-n2ccnc2)c(F)c1)N1CCN(c2ccccn2)CC1.I. The minimum absolute atomic E-state index is 0. The van der Waals surface area contributed by atoms with Crippen LogP contribution in [0.5, 0.6) is 0 Å². The molecule has 1 aliphatic rings. The van der Waals surface area contributed by atoms with Crippen molar-refractivity contribution >= 4 is 35.8 Å². The third kappa shape index (κ3) is 5.72. The molecule has 0 bridgehead atoms. The zero-order valence-corrected chi connectivity index (χ0v) is 19.8. The van der Waals surface area contributed by atoms with Gasteiger partial charge in [0, 0.05) is 51.3 Å². The van der Waals surface area contributed by atoms with Gasteiger partial charge in [0.1, 0.15) is 11.6 Å². The molecule has 31 heavy (non-hydrogen) atoms. The predicted molar refractivity (Wildman–Crippen MR) is 132 cm³/mol. The van der Waals surface area contributed by atoms with Crippen molar-refractivity contribution in [1.82, 2.24) is 24.8 Å². The van der Waals surface area contributed by atoms with Crippen molar-refractivity contribution in [3.05, 3.63) is 72.7 Å². The first-order chi connectivity index (χ1) is 14.7. The van der Waals surface area contributed by atoms with E-state index in [2.05, 4.69) is 32.0 Å². The molecular weight excluding hydrogens is 508 g/mol. The van der Waals surface area contributed by atoms with E-state index in [-0.39, 0.29) is 29.8 Å². The molecule has 3 aromatic rings. The molecular formula is C22H27FIN7. The average Bonchev–Trinajstić information content (AvgIpc) is 3.32. The molecule has 4 rings (SSSR count). The number of aliphatic imine (C=N–C) groups is 1. The number of pyridine rings is 1. The Kier molecular flexibility index (Phi) is 8.21. The number of nitrogens with one attached hydrogen (secondary N) is 1. The van der Waals surface area contributed by atoms with E-state index in [1.165, 1.54) is 0 Å². The van der Waals surface area contributed by atoms with E-state index in [9.17, 15) is 4.39 Å². The molecule has 2 aromatic heterocycles. The molecule has 3 heterocycles. The first-order valence-electron chi connectivity index (χ1n) is 10.2. The highest BCUT2D eigenvalue weighted by molar-refractivity contribution is 14.0. The molecule has 164 valence electrons. The standard InChI is InChI=1S/C22H26FN7.HI/c1-2-25-22(29-13-11-28(12-14-29)21-5-3-4-8-26-21)27-16-18-6-7-20(19(23)15-18)30-10-9-24-17-30;/h3-10,15,17H,2,11-14,16H2,1H3,(H,25,27);1H. The smallest absolute Gasteiger partial charge is 0.194 e. The lowest BCUT2D eigenvalue weighted by Gasteiger charge is -2.37. The van der Waals surface area contributed by atoms with E-state index in [0.717, 1.165) is 50.1 Å². The van der Waals surface area contributed by atoms with E-state index in [4.69, 9.17) is 4.99 Å². The maximum Gasteiger partial charge on any atom is 0.194 e. The number of hydrogen-bond donors (Lipinski definition) is 1. The monoisotopic (exact) mass is 535 g/mol. The Bertz CT molecular complexity index is 971. The molecule has 0 saturated carbocycles. The number of rotatable bonds is 5. The first kappa shape index (κ1) is 23.0. The summed E-state index contributed by atoms with van der Waals surface area (Å²) in [5.41, 5.74) is 1.32. The molecule has 1 fully saturated rings. The fourth-order valence-corrected chi connectivity index (χ4v) is 3.54.